The molecule has 0 aliphatic heterocycles. The Balaban J connectivity index is 1.71. The largest absolute Gasteiger partial charge is 0.310 e. The first-order chi connectivity index (χ1) is 13.7. The maximum atomic E-state index is 13.0. The molecule has 5 rings (SSSR count). The lowest BCUT2D eigenvalue weighted by Gasteiger charge is -2.08. The van der Waals surface area contributed by atoms with Gasteiger partial charge in [-0.25, -0.2) is 10.1 Å². The van der Waals surface area contributed by atoms with E-state index in [0.29, 0.717) is 34.3 Å². The number of aromatic nitrogens is 6. The highest BCUT2D eigenvalue weighted by atomic mass is 16.1. The smallest absolute Gasteiger partial charge is 0.266 e. The molecule has 0 amide bonds. The van der Waals surface area contributed by atoms with Crippen LogP contribution in [0.15, 0.2) is 76.8 Å². The van der Waals surface area contributed by atoms with Crippen molar-refractivity contribution in [2.45, 2.75) is 6.54 Å². The number of aromatic amines is 1. The summed E-state index contributed by atoms with van der Waals surface area (Å²) in [6.45, 7) is 0.449. The molecule has 8 nitrogen and oxygen atoms in total. The summed E-state index contributed by atoms with van der Waals surface area (Å²) in [5, 5.41) is 7.18. The monoisotopic (exact) mass is 370 g/mol. The molecule has 5 aromatic rings. The predicted octanol–water partition coefficient (Wildman–Crippen LogP) is 1.87. The summed E-state index contributed by atoms with van der Waals surface area (Å²) in [5.74, 6) is 0.307. The van der Waals surface area contributed by atoms with Crippen LogP contribution in [0.1, 0.15) is 5.56 Å². The van der Waals surface area contributed by atoms with Crippen molar-refractivity contribution in [3.63, 3.8) is 0 Å². The van der Waals surface area contributed by atoms with Crippen LogP contribution in [0.4, 0.5) is 0 Å². The zero-order valence-corrected chi connectivity index (χ0v) is 14.6. The third-order valence-corrected chi connectivity index (χ3v) is 4.64. The summed E-state index contributed by atoms with van der Waals surface area (Å²) in [5.41, 5.74) is 1.59. The second-order valence-corrected chi connectivity index (χ2v) is 6.39. The van der Waals surface area contributed by atoms with Gasteiger partial charge in [0, 0.05) is 12.4 Å². The van der Waals surface area contributed by atoms with Crippen molar-refractivity contribution in [3.8, 4) is 5.95 Å². The summed E-state index contributed by atoms with van der Waals surface area (Å²) in [6.07, 6.45) is 4.64. The Labute approximate surface area is 157 Å². The molecule has 0 bridgehead atoms. The summed E-state index contributed by atoms with van der Waals surface area (Å²) < 4.78 is 2.96. The SMILES string of the molecule is O=c1c2cc3c(=O)n(-c4ncn[nH]4)ccc3nc2ccn1Cc1ccccc1. The summed E-state index contributed by atoms with van der Waals surface area (Å²) in [6, 6.07) is 14.8. The minimum Gasteiger partial charge on any atom is -0.310 e. The number of pyridine rings is 3. The molecule has 0 saturated heterocycles. The fourth-order valence-corrected chi connectivity index (χ4v) is 3.25. The van der Waals surface area contributed by atoms with Crippen molar-refractivity contribution in [2.24, 2.45) is 0 Å². The van der Waals surface area contributed by atoms with Crippen molar-refractivity contribution in [3.05, 3.63) is 93.5 Å². The number of hydrogen-bond donors (Lipinski definition) is 1. The fourth-order valence-electron chi connectivity index (χ4n) is 3.25. The van der Waals surface area contributed by atoms with E-state index in [2.05, 4.69) is 20.2 Å². The van der Waals surface area contributed by atoms with Gasteiger partial charge in [-0.1, -0.05) is 30.3 Å². The van der Waals surface area contributed by atoms with Gasteiger partial charge in [-0.3, -0.25) is 14.2 Å². The van der Waals surface area contributed by atoms with Gasteiger partial charge >= 0.3 is 0 Å². The first-order valence-corrected chi connectivity index (χ1v) is 8.66. The molecule has 0 saturated carbocycles. The number of rotatable bonds is 3. The van der Waals surface area contributed by atoms with Crippen LogP contribution in [0, 0.1) is 0 Å². The Morgan fingerprint density at radius 3 is 2.39 bits per heavy atom. The molecule has 0 unspecified atom stereocenters. The van der Waals surface area contributed by atoms with Gasteiger partial charge in [0.2, 0.25) is 5.95 Å². The van der Waals surface area contributed by atoms with E-state index in [-0.39, 0.29) is 11.1 Å². The van der Waals surface area contributed by atoms with Gasteiger partial charge in [-0.15, -0.1) is 0 Å². The topological polar surface area (TPSA) is 98.5 Å². The van der Waals surface area contributed by atoms with E-state index in [1.807, 2.05) is 30.3 Å². The quantitative estimate of drug-likeness (QED) is 0.489. The van der Waals surface area contributed by atoms with E-state index in [0.717, 1.165) is 5.56 Å². The van der Waals surface area contributed by atoms with E-state index >= 15 is 0 Å². The molecule has 0 radical (unpaired) electrons. The van der Waals surface area contributed by atoms with Crippen LogP contribution in [0.3, 0.4) is 0 Å². The standard InChI is InChI=1S/C20H14N6O2/c27-18-14-10-15-17(7-9-26(19(15)28)20-21-12-22-24-20)23-16(14)6-8-25(18)11-13-4-2-1-3-5-13/h1-10,12H,11H2,(H,21,22,24). The molecule has 1 aromatic carbocycles. The zero-order chi connectivity index (χ0) is 19.1. The average Bonchev–Trinajstić information content (AvgIpc) is 3.25. The summed E-state index contributed by atoms with van der Waals surface area (Å²) in [7, 11) is 0. The molecule has 4 heterocycles. The van der Waals surface area contributed by atoms with Crippen molar-refractivity contribution in [1.82, 2.24) is 29.3 Å². The van der Waals surface area contributed by atoms with Crippen molar-refractivity contribution >= 4 is 21.8 Å². The number of H-pyrrole nitrogens is 1. The van der Waals surface area contributed by atoms with Crippen molar-refractivity contribution in [2.75, 3.05) is 0 Å². The van der Waals surface area contributed by atoms with Gasteiger partial charge in [0.05, 0.1) is 28.4 Å². The number of benzene rings is 1. The minimum absolute atomic E-state index is 0.190. The van der Waals surface area contributed by atoms with Gasteiger partial charge in [0.25, 0.3) is 11.1 Å². The highest BCUT2D eigenvalue weighted by Gasteiger charge is 2.11. The summed E-state index contributed by atoms with van der Waals surface area (Å²) >= 11 is 0. The normalized spacial score (nSPS) is 11.3. The minimum atomic E-state index is -0.318. The molecular weight excluding hydrogens is 356 g/mol. The van der Waals surface area contributed by atoms with Crippen LogP contribution >= 0.6 is 0 Å². The van der Waals surface area contributed by atoms with Crippen LogP contribution in [0.2, 0.25) is 0 Å². The van der Waals surface area contributed by atoms with Crippen LogP contribution in [-0.2, 0) is 6.54 Å². The Morgan fingerprint density at radius 1 is 0.893 bits per heavy atom. The molecule has 0 spiro atoms. The van der Waals surface area contributed by atoms with E-state index in [1.54, 1.807) is 35.2 Å². The maximum absolute atomic E-state index is 13.0. The molecule has 4 aromatic heterocycles. The number of nitrogens with one attached hydrogen (secondary N) is 1. The molecule has 0 atom stereocenters. The lowest BCUT2D eigenvalue weighted by atomic mass is 10.1. The molecule has 8 heteroatoms. The molecule has 136 valence electrons. The van der Waals surface area contributed by atoms with Crippen LogP contribution < -0.4 is 11.1 Å². The van der Waals surface area contributed by atoms with Crippen LogP contribution in [0.25, 0.3) is 27.8 Å². The first-order valence-electron chi connectivity index (χ1n) is 8.66. The highest BCUT2D eigenvalue weighted by molar-refractivity contribution is 5.91. The highest BCUT2D eigenvalue weighted by Crippen LogP contribution is 2.15. The molecule has 0 fully saturated rings. The van der Waals surface area contributed by atoms with Gasteiger partial charge in [0.1, 0.15) is 6.33 Å². The molecule has 28 heavy (non-hydrogen) atoms. The zero-order valence-electron chi connectivity index (χ0n) is 14.6. The molecule has 0 aliphatic carbocycles. The van der Waals surface area contributed by atoms with E-state index in [1.165, 1.54) is 10.9 Å². The number of hydrogen-bond acceptors (Lipinski definition) is 5. The van der Waals surface area contributed by atoms with Gasteiger partial charge in [-0.05, 0) is 23.8 Å². The van der Waals surface area contributed by atoms with Crippen LogP contribution in [-0.4, -0.2) is 29.3 Å². The van der Waals surface area contributed by atoms with E-state index in [9.17, 15) is 9.59 Å². The van der Waals surface area contributed by atoms with Gasteiger partial charge < -0.3 is 4.57 Å². The fraction of sp³-hybridized carbons (Fsp3) is 0.0500. The average molecular weight is 370 g/mol. The van der Waals surface area contributed by atoms with Gasteiger partial charge in [-0.2, -0.15) is 10.1 Å². The Hall–Kier alpha value is -4.07. The van der Waals surface area contributed by atoms with E-state index in [4.69, 9.17) is 0 Å². The van der Waals surface area contributed by atoms with E-state index < -0.39 is 0 Å². The Morgan fingerprint density at radius 2 is 1.64 bits per heavy atom. The second kappa shape index (κ2) is 6.27. The third kappa shape index (κ3) is 2.59. The summed E-state index contributed by atoms with van der Waals surface area (Å²) in [4.78, 5) is 34.4. The number of nitrogens with zero attached hydrogens (tertiary/aromatic N) is 5. The Kier molecular flexibility index (Phi) is 3.61. The van der Waals surface area contributed by atoms with Crippen molar-refractivity contribution in [1.29, 1.82) is 0 Å². The van der Waals surface area contributed by atoms with Gasteiger partial charge in [0.15, 0.2) is 0 Å². The molecule has 0 aliphatic rings. The van der Waals surface area contributed by atoms with Crippen LogP contribution in [0.5, 0.6) is 0 Å². The molecule has 1 N–H and O–H groups in total. The predicted molar refractivity (Wildman–Crippen MR) is 105 cm³/mol. The molecular formula is C20H14N6O2. The maximum Gasteiger partial charge on any atom is 0.266 e. The second-order valence-electron chi connectivity index (χ2n) is 6.39. The first kappa shape index (κ1) is 16.1. The lowest BCUT2D eigenvalue weighted by molar-refractivity contribution is 0.767. The van der Waals surface area contributed by atoms with Crippen molar-refractivity contribution < 1.29 is 0 Å². The lowest BCUT2D eigenvalue weighted by Crippen LogP contribution is -2.22. The number of fused-ring (bicyclic) bond motifs is 2. The Bertz CT molecular complexity index is 1420. The third-order valence-electron chi connectivity index (χ3n) is 4.64.